The topological polar surface area (TPSA) is 84.9 Å². The van der Waals surface area contributed by atoms with Gasteiger partial charge < -0.3 is 14.8 Å². The fourth-order valence-corrected chi connectivity index (χ4v) is 3.18. The molecule has 0 radical (unpaired) electrons. The van der Waals surface area contributed by atoms with Crippen LogP contribution in [0.25, 0.3) is 0 Å². The number of rotatable bonds is 7. The molecule has 0 aliphatic carbocycles. The van der Waals surface area contributed by atoms with Crippen molar-refractivity contribution >= 4 is 29.0 Å². The van der Waals surface area contributed by atoms with Crippen molar-refractivity contribution in [2.24, 2.45) is 0 Å². The fourth-order valence-electron chi connectivity index (χ4n) is 3.18. The zero-order chi connectivity index (χ0) is 22.5. The summed E-state index contributed by atoms with van der Waals surface area (Å²) in [5.41, 5.74) is 1.04. The highest BCUT2D eigenvalue weighted by molar-refractivity contribution is 6.06. The predicted octanol–water partition coefficient (Wildman–Crippen LogP) is 3.45. The first-order chi connectivity index (χ1) is 15.5. The van der Waals surface area contributed by atoms with E-state index < -0.39 is 17.6 Å². The Morgan fingerprint density at radius 3 is 2.53 bits per heavy atom. The Kier molecular flexibility index (Phi) is 6.12. The quantitative estimate of drug-likeness (QED) is 0.576. The maximum Gasteiger partial charge on any atom is 0.265 e. The first-order valence-electron chi connectivity index (χ1n) is 9.83. The van der Waals surface area contributed by atoms with Crippen LogP contribution in [0, 0.1) is 5.82 Å². The molecule has 7 nitrogen and oxygen atoms in total. The monoisotopic (exact) mass is 434 g/mol. The summed E-state index contributed by atoms with van der Waals surface area (Å²) >= 11 is 0. The third kappa shape index (κ3) is 4.92. The molecule has 4 rings (SSSR count). The van der Waals surface area contributed by atoms with Crippen LogP contribution in [0.1, 0.15) is 10.4 Å². The van der Waals surface area contributed by atoms with Gasteiger partial charge in [0.15, 0.2) is 19.0 Å². The molecule has 1 aliphatic rings. The van der Waals surface area contributed by atoms with Crippen molar-refractivity contribution in [2.75, 3.05) is 30.0 Å². The van der Waals surface area contributed by atoms with Crippen LogP contribution in [-0.2, 0) is 9.59 Å². The standard InChI is InChI=1S/C24H19FN2O5/c25-17-7-9-18(10-8-17)26-23(29)13-27-20-12-16(6-11-22(20)32-15-24(27)30)21(28)14-31-19-4-2-1-3-5-19/h1-12H,13-15H2,(H,26,29). The van der Waals surface area contributed by atoms with Gasteiger partial charge in [0, 0.05) is 11.3 Å². The van der Waals surface area contributed by atoms with Crippen LogP contribution in [0.2, 0.25) is 0 Å². The molecule has 0 unspecified atom stereocenters. The molecule has 1 N–H and O–H groups in total. The van der Waals surface area contributed by atoms with Crippen molar-refractivity contribution in [2.45, 2.75) is 0 Å². The molecule has 0 atom stereocenters. The van der Waals surface area contributed by atoms with Crippen molar-refractivity contribution < 1.29 is 28.2 Å². The molecule has 0 fully saturated rings. The van der Waals surface area contributed by atoms with Gasteiger partial charge in [-0.05, 0) is 54.6 Å². The van der Waals surface area contributed by atoms with E-state index in [1.807, 2.05) is 6.07 Å². The second kappa shape index (κ2) is 9.30. The van der Waals surface area contributed by atoms with E-state index in [2.05, 4.69) is 5.32 Å². The van der Waals surface area contributed by atoms with Gasteiger partial charge in [-0.3, -0.25) is 19.3 Å². The molecule has 32 heavy (non-hydrogen) atoms. The van der Waals surface area contributed by atoms with Crippen LogP contribution in [0.4, 0.5) is 15.8 Å². The number of carbonyl (C=O) groups excluding carboxylic acids is 3. The van der Waals surface area contributed by atoms with Gasteiger partial charge in [-0.25, -0.2) is 4.39 Å². The minimum atomic E-state index is -0.470. The number of nitrogens with zero attached hydrogens (tertiary/aromatic N) is 1. The Balaban J connectivity index is 1.48. The predicted molar refractivity (Wildman–Crippen MR) is 116 cm³/mol. The van der Waals surface area contributed by atoms with E-state index in [1.165, 1.54) is 35.2 Å². The summed E-state index contributed by atoms with van der Waals surface area (Å²) in [6.07, 6.45) is 0. The first kappa shape index (κ1) is 21.0. The van der Waals surface area contributed by atoms with Gasteiger partial charge >= 0.3 is 0 Å². The number of fused-ring (bicyclic) bond motifs is 1. The molecule has 1 heterocycles. The van der Waals surface area contributed by atoms with Crippen molar-refractivity contribution in [3.05, 3.63) is 84.2 Å². The van der Waals surface area contributed by atoms with Gasteiger partial charge in [-0.2, -0.15) is 0 Å². The lowest BCUT2D eigenvalue weighted by Crippen LogP contribution is -2.43. The molecule has 162 valence electrons. The summed E-state index contributed by atoms with van der Waals surface area (Å²) in [7, 11) is 0. The van der Waals surface area contributed by atoms with Gasteiger partial charge in [0.2, 0.25) is 5.91 Å². The Hall–Kier alpha value is -4.20. The normalized spacial score (nSPS) is 12.5. The molecule has 2 amide bonds. The summed E-state index contributed by atoms with van der Waals surface area (Å²) in [6, 6.07) is 18.9. The smallest absolute Gasteiger partial charge is 0.265 e. The third-order valence-corrected chi connectivity index (χ3v) is 4.77. The Morgan fingerprint density at radius 2 is 1.78 bits per heavy atom. The van der Waals surface area contributed by atoms with E-state index in [1.54, 1.807) is 36.4 Å². The van der Waals surface area contributed by atoms with Crippen LogP contribution in [0.3, 0.4) is 0 Å². The van der Waals surface area contributed by atoms with E-state index >= 15 is 0 Å². The number of halogens is 1. The number of hydrogen-bond donors (Lipinski definition) is 1. The average molecular weight is 434 g/mol. The molecule has 0 spiro atoms. The van der Waals surface area contributed by atoms with E-state index in [4.69, 9.17) is 9.47 Å². The lowest BCUT2D eigenvalue weighted by atomic mass is 10.1. The molecule has 3 aromatic carbocycles. The van der Waals surface area contributed by atoms with Gasteiger partial charge in [-0.1, -0.05) is 18.2 Å². The molecule has 1 aliphatic heterocycles. The number of carbonyl (C=O) groups is 3. The maximum absolute atomic E-state index is 13.1. The number of ether oxygens (including phenoxy) is 2. The number of para-hydroxylation sites is 1. The Labute approximate surface area is 183 Å². The summed E-state index contributed by atoms with van der Waals surface area (Å²) in [5.74, 6) is -0.644. The molecule has 0 saturated heterocycles. The summed E-state index contributed by atoms with van der Waals surface area (Å²) in [6.45, 7) is -0.686. The Morgan fingerprint density at radius 1 is 1.03 bits per heavy atom. The van der Waals surface area contributed by atoms with Crippen molar-refractivity contribution in [3.8, 4) is 11.5 Å². The lowest BCUT2D eigenvalue weighted by Gasteiger charge is -2.29. The van der Waals surface area contributed by atoms with E-state index in [0.717, 1.165) is 0 Å². The lowest BCUT2D eigenvalue weighted by molar-refractivity contribution is -0.123. The highest BCUT2D eigenvalue weighted by Crippen LogP contribution is 2.33. The zero-order valence-electron chi connectivity index (χ0n) is 16.9. The highest BCUT2D eigenvalue weighted by Gasteiger charge is 2.28. The van der Waals surface area contributed by atoms with Crippen molar-refractivity contribution in [3.63, 3.8) is 0 Å². The third-order valence-electron chi connectivity index (χ3n) is 4.77. The summed E-state index contributed by atoms with van der Waals surface area (Å²) in [4.78, 5) is 38.8. The van der Waals surface area contributed by atoms with Gasteiger partial charge in [0.05, 0.1) is 5.69 Å². The number of nitrogens with one attached hydrogen (secondary N) is 1. The van der Waals surface area contributed by atoms with E-state index in [0.29, 0.717) is 28.4 Å². The van der Waals surface area contributed by atoms with Crippen molar-refractivity contribution in [1.29, 1.82) is 0 Å². The number of hydrogen-bond acceptors (Lipinski definition) is 5. The number of ketones is 1. The molecule has 0 bridgehead atoms. The number of anilines is 2. The van der Waals surface area contributed by atoms with Crippen LogP contribution in [0.15, 0.2) is 72.8 Å². The molecule has 8 heteroatoms. The fraction of sp³-hybridized carbons (Fsp3) is 0.125. The summed E-state index contributed by atoms with van der Waals surface area (Å²) in [5, 5.41) is 2.62. The number of benzene rings is 3. The first-order valence-corrected chi connectivity index (χ1v) is 9.83. The van der Waals surface area contributed by atoms with E-state index in [9.17, 15) is 18.8 Å². The number of amides is 2. The number of Topliss-reactive ketones (excluding diaryl/α,β-unsaturated/α-hetero) is 1. The highest BCUT2D eigenvalue weighted by atomic mass is 19.1. The maximum atomic E-state index is 13.1. The molecule has 0 aromatic heterocycles. The molecule has 3 aromatic rings. The minimum absolute atomic E-state index is 0.178. The van der Waals surface area contributed by atoms with Crippen LogP contribution in [-0.4, -0.2) is 37.4 Å². The van der Waals surface area contributed by atoms with Gasteiger partial charge in [-0.15, -0.1) is 0 Å². The van der Waals surface area contributed by atoms with Crippen LogP contribution in [0.5, 0.6) is 11.5 Å². The largest absolute Gasteiger partial charge is 0.485 e. The molecule has 0 saturated carbocycles. The van der Waals surface area contributed by atoms with Gasteiger partial charge in [0.25, 0.3) is 5.91 Å². The minimum Gasteiger partial charge on any atom is -0.485 e. The molecular weight excluding hydrogens is 415 g/mol. The van der Waals surface area contributed by atoms with Crippen molar-refractivity contribution in [1.82, 2.24) is 0 Å². The Bertz CT molecular complexity index is 1150. The second-order valence-electron chi connectivity index (χ2n) is 7.03. The summed E-state index contributed by atoms with van der Waals surface area (Å²) < 4.78 is 24.0. The SMILES string of the molecule is O=C(CN1C(=O)COc2ccc(C(=O)COc3ccccc3)cc21)Nc1ccc(F)cc1. The van der Waals surface area contributed by atoms with E-state index in [-0.39, 0.29) is 25.5 Å². The van der Waals surface area contributed by atoms with Crippen LogP contribution < -0.4 is 19.7 Å². The zero-order valence-corrected chi connectivity index (χ0v) is 16.9. The average Bonchev–Trinajstić information content (AvgIpc) is 2.81. The van der Waals surface area contributed by atoms with Gasteiger partial charge in [0.1, 0.15) is 23.9 Å². The molecular formula is C24H19FN2O5. The van der Waals surface area contributed by atoms with Crippen LogP contribution >= 0.6 is 0 Å². The second-order valence-corrected chi connectivity index (χ2v) is 7.03.